The summed E-state index contributed by atoms with van der Waals surface area (Å²) in [5.41, 5.74) is 3.64. The van der Waals surface area contributed by atoms with Crippen molar-refractivity contribution in [3.05, 3.63) is 35.6 Å². The summed E-state index contributed by atoms with van der Waals surface area (Å²) in [6.45, 7) is 9.69. The second-order valence-electron chi connectivity index (χ2n) is 5.36. The van der Waals surface area contributed by atoms with Gasteiger partial charge in [0.2, 0.25) is 0 Å². The Hall–Kier alpha value is -1.28. The van der Waals surface area contributed by atoms with E-state index in [0.29, 0.717) is 12.0 Å². The van der Waals surface area contributed by atoms with E-state index in [1.165, 1.54) is 22.9 Å². The predicted octanol–water partition coefficient (Wildman–Crippen LogP) is 4.44. The van der Waals surface area contributed by atoms with Crippen molar-refractivity contribution in [3.8, 4) is 0 Å². The molecule has 0 aliphatic carbocycles. The zero-order chi connectivity index (χ0) is 13.1. The molecule has 2 nitrogen and oxygen atoms in total. The van der Waals surface area contributed by atoms with Crippen LogP contribution in [0.25, 0.3) is 11.0 Å². The van der Waals surface area contributed by atoms with Crippen molar-refractivity contribution < 1.29 is 4.42 Å². The molecule has 0 bridgehead atoms. The average molecular weight is 245 g/mol. The van der Waals surface area contributed by atoms with Crippen molar-refractivity contribution in [2.45, 2.75) is 52.6 Å². The van der Waals surface area contributed by atoms with Gasteiger partial charge in [-0.3, -0.25) is 0 Å². The average Bonchev–Trinajstić information content (AvgIpc) is 2.77. The number of benzene rings is 1. The summed E-state index contributed by atoms with van der Waals surface area (Å²) in [6, 6.07) is 7.05. The summed E-state index contributed by atoms with van der Waals surface area (Å²) < 4.78 is 5.61. The van der Waals surface area contributed by atoms with E-state index in [4.69, 9.17) is 4.42 Å². The topological polar surface area (TPSA) is 25.2 Å². The number of rotatable bonds is 5. The highest BCUT2D eigenvalue weighted by molar-refractivity contribution is 5.81. The molecule has 0 aliphatic rings. The fourth-order valence-electron chi connectivity index (χ4n) is 2.09. The maximum Gasteiger partial charge on any atom is 0.134 e. The summed E-state index contributed by atoms with van der Waals surface area (Å²) in [6.07, 6.45) is 3.05. The normalized spacial score (nSPS) is 13.4. The molecule has 0 saturated carbocycles. The fourth-order valence-corrected chi connectivity index (χ4v) is 2.09. The number of furan rings is 1. The van der Waals surface area contributed by atoms with Gasteiger partial charge in [-0.25, -0.2) is 0 Å². The van der Waals surface area contributed by atoms with Crippen LogP contribution in [0.2, 0.25) is 0 Å². The summed E-state index contributed by atoms with van der Waals surface area (Å²) in [7, 11) is 0. The van der Waals surface area contributed by atoms with Crippen LogP contribution >= 0.6 is 0 Å². The molecule has 1 atom stereocenters. The Labute approximate surface area is 109 Å². The maximum absolute atomic E-state index is 5.61. The van der Waals surface area contributed by atoms with Crippen LogP contribution in [0.15, 0.2) is 28.9 Å². The first-order valence-electron chi connectivity index (χ1n) is 6.85. The molecular weight excluding hydrogens is 222 g/mol. The van der Waals surface area contributed by atoms with E-state index in [0.717, 1.165) is 12.1 Å². The molecule has 1 heterocycles. The number of hydrogen-bond acceptors (Lipinski definition) is 2. The molecule has 1 N–H and O–H groups in total. The Morgan fingerprint density at radius 1 is 1.22 bits per heavy atom. The predicted molar refractivity (Wildman–Crippen MR) is 76.9 cm³/mol. The lowest BCUT2D eigenvalue weighted by atomic mass is 9.97. The third-order valence-corrected chi connectivity index (χ3v) is 3.56. The molecule has 1 unspecified atom stereocenters. The molecule has 2 rings (SSSR count). The molecule has 0 amide bonds. The Morgan fingerprint density at radius 2 is 2.00 bits per heavy atom. The molecule has 98 valence electrons. The van der Waals surface area contributed by atoms with Crippen LogP contribution in [-0.4, -0.2) is 6.04 Å². The van der Waals surface area contributed by atoms with Gasteiger partial charge >= 0.3 is 0 Å². The van der Waals surface area contributed by atoms with Crippen molar-refractivity contribution in [2.75, 3.05) is 0 Å². The van der Waals surface area contributed by atoms with Gasteiger partial charge in [0, 0.05) is 23.5 Å². The standard InChI is InChI=1S/C16H23NO/c1-5-12(4)13-6-7-16-15(8-13)14(10-18-16)9-17-11(2)3/h6-8,10-12,17H,5,9H2,1-4H3. The molecule has 0 spiro atoms. The minimum absolute atomic E-state index is 0.493. The van der Waals surface area contributed by atoms with Gasteiger partial charge in [-0.2, -0.15) is 0 Å². The van der Waals surface area contributed by atoms with E-state index in [-0.39, 0.29) is 0 Å². The molecule has 1 aromatic carbocycles. The van der Waals surface area contributed by atoms with Crippen LogP contribution < -0.4 is 5.32 Å². The quantitative estimate of drug-likeness (QED) is 0.842. The van der Waals surface area contributed by atoms with Gasteiger partial charge in [0.15, 0.2) is 0 Å². The van der Waals surface area contributed by atoms with Gasteiger partial charge in [0.1, 0.15) is 5.58 Å². The first-order chi connectivity index (χ1) is 8.61. The van der Waals surface area contributed by atoms with Crippen molar-refractivity contribution in [3.63, 3.8) is 0 Å². The van der Waals surface area contributed by atoms with Crippen LogP contribution in [0.5, 0.6) is 0 Å². The first kappa shape index (κ1) is 13.2. The third-order valence-electron chi connectivity index (χ3n) is 3.56. The molecule has 1 aromatic heterocycles. The van der Waals surface area contributed by atoms with Gasteiger partial charge in [0.25, 0.3) is 0 Å². The molecule has 18 heavy (non-hydrogen) atoms. The van der Waals surface area contributed by atoms with Crippen molar-refractivity contribution in [1.29, 1.82) is 0 Å². The summed E-state index contributed by atoms with van der Waals surface area (Å²) in [5.74, 6) is 0.607. The summed E-state index contributed by atoms with van der Waals surface area (Å²) in [4.78, 5) is 0. The van der Waals surface area contributed by atoms with Gasteiger partial charge in [-0.05, 0) is 30.0 Å². The second-order valence-corrected chi connectivity index (χ2v) is 5.36. The Morgan fingerprint density at radius 3 is 2.67 bits per heavy atom. The van der Waals surface area contributed by atoms with Crippen molar-refractivity contribution in [1.82, 2.24) is 5.32 Å². The molecule has 2 heteroatoms. The fraction of sp³-hybridized carbons (Fsp3) is 0.500. The molecule has 2 aromatic rings. The molecular formula is C16H23NO. The zero-order valence-corrected chi connectivity index (χ0v) is 11.8. The lowest BCUT2D eigenvalue weighted by Crippen LogP contribution is -2.21. The lowest BCUT2D eigenvalue weighted by molar-refractivity contribution is 0.572. The minimum Gasteiger partial charge on any atom is -0.464 e. The highest BCUT2D eigenvalue weighted by Gasteiger charge is 2.09. The molecule has 0 radical (unpaired) electrons. The van der Waals surface area contributed by atoms with Crippen molar-refractivity contribution >= 4 is 11.0 Å². The van der Waals surface area contributed by atoms with Crippen LogP contribution in [-0.2, 0) is 6.54 Å². The number of nitrogens with one attached hydrogen (secondary N) is 1. The van der Waals surface area contributed by atoms with E-state index in [1.807, 2.05) is 6.26 Å². The minimum atomic E-state index is 0.493. The van der Waals surface area contributed by atoms with Crippen LogP contribution in [0.3, 0.4) is 0 Å². The molecule has 0 fully saturated rings. The summed E-state index contributed by atoms with van der Waals surface area (Å²) >= 11 is 0. The lowest BCUT2D eigenvalue weighted by Gasteiger charge is -2.09. The van der Waals surface area contributed by atoms with E-state index < -0.39 is 0 Å². The van der Waals surface area contributed by atoms with Crippen molar-refractivity contribution in [2.24, 2.45) is 0 Å². The van der Waals surface area contributed by atoms with Gasteiger partial charge in [-0.15, -0.1) is 0 Å². The largest absolute Gasteiger partial charge is 0.464 e. The smallest absolute Gasteiger partial charge is 0.134 e. The van der Waals surface area contributed by atoms with E-state index in [2.05, 4.69) is 51.2 Å². The maximum atomic E-state index is 5.61. The highest BCUT2D eigenvalue weighted by atomic mass is 16.3. The Bertz CT molecular complexity index is 513. The van der Waals surface area contributed by atoms with Crippen LogP contribution in [0, 0.1) is 0 Å². The highest BCUT2D eigenvalue weighted by Crippen LogP contribution is 2.27. The monoisotopic (exact) mass is 245 g/mol. The van der Waals surface area contributed by atoms with E-state index in [9.17, 15) is 0 Å². The van der Waals surface area contributed by atoms with E-state index in [1.54, 1.807) is 0 Å². The molecule has 0 saturated heterocycles. The Kier molecular flexibility index (Phi) is 4.07. The number of hydrogen-bond donors (Lipinski definition) is 1. The SMILES string of the molecule is CCC(C)c1ccc2occ(CNC(C)C)c2c1. The van der Waals surface area contributed by atoms with Gasteiger partial charge in [-0.1, -0.05) is 33.8 Å². The first-order valence-corrected chi connectivity index (χ1v) is 6.85. The summed E-state index contributed by atoms with van der Waals surface area (Å²) in [5, 5.41) is 4.69. The van der Waals surface area contributed by atoms with Crippen LogP contribution in [0.1, 0.15) is 51.2 Å². The zero-order valence-electron chi connectivity index (χ0n) is 11.8. The van der Waals surface area contributed by atoms with Gasteiger partial charge < -0.3 is 9.73 Å². The second kappa shape index (κ2) is 5.57. The Balaban J connectivity index is 2.31. The van der Waals surface area contributed by atoms with E-state index >= 15 is 0 Å². The third kappa shape index (κ3) is 2.75. The van der Waals surface area contributed by atoms with Gasteiger partial charge in [0.05, 0.1) is 6.26 Å². The van der Waals surface area contributed by atoms with Crippen LogP contribution in [0.4, 0.5) is 0 Å². The molecule has 0 aliphatic heterocycles. The number of fused-ring (bicyclic) bond motifs is 1.